The van der Waals surface area contributed by atoms with Gasteiger partial charge in [0.2, 0.25) is 0 Å². The molecule has 17 heavy (non-hydrogen) atoms. The van der Waals surface area contributed by atoms with Crippen LogP contribution >= 0.6 is 0 Å². The van der Waals surface area contributed by atoms with E-state index in [0.717, 1.165) is 25.6 Å². The van der Waals surface area contributed by atoms with Crippen LogP contribution in [0.4, 0.5) is 0 Å². The van der Waals surface area contributed by atoms with E-state index in [4.69, 9.17) is 4.74 Å². The van der Waals surface area contributed by atoms with Gasteiger partial charge in [-0.15, -0.1) is 5.92 Å². The molecule has 0 aliphatic carbocycles. The van der Waals surface area contributed by atoms with Gasteiger partial charge in [-0.2, -0.15) is 0 Å². The quantitative estimate of drug-likeness (QED) is 0.452. The molecule has 0 aromatic heterocycles. The number of hydrogen-bond donors (Lipinski definition) is 0. The molecule has 0 saturated carbocycles. The summed E-state index contributed by atoms with van der Waals surface area (Å²) in [7, 11) is 0. The van der Waals surface area contributed by atoms with Gasteiger partial charge < -0.3 is 4.74 Å². The highest BCUT2D eigenvalue weighted by molar-refractivity contribution is 5.16. The monoisotopic (exact) mass is 235 g/mol. The van der Waals surface area contributed by atoms with Crippen molar-refractivity contribution in [3.63, 3.8) is 0 Å². The zero-order chi connectivity index (χ0) is 12.2. The van der Waals surface area contributed by atoms with E-state index in [0.29, 0.717) is 0 Å². The normalized spacial score (nSPS) is 16.5. The Morgan fingerprint density at radius 3 is 2.47 bits per heavy atom. The molecule has 0 N–H and O–H groups in total. The molecule has 1 aliphatic rings. The molecule has 0 aromatic carbocycles. The smallest absolute Gasteiger partial charge is 0.168 e. The molecular formula is C16H27O. The van der Waals surface area contributed by atoms with Gasteiger partial charge in [0.1, 0.15) is 0 Å². The highest BCUT2D eigenvalue weighted by atomic mass is 16.5. The SMILES string of the molecule is CCCCCCCCCC#C[C]1CCCCO1. The van der Waals surface area contributed by atoms with Gasteiger partial charge in [0.15, 0.2) is 6.10 Å². The van der Waals surface area contributed by atoms with E-state index in [-0.39, 0.29) is 0 Å². The summed E-state index contributed by atoms with van der Waals surface area (Å²) >= 11 is 0. The van der Waals surface area contributed by atoms with E-state index < -0.39 is 0 Å². The molecule has 0 unspecified atom stereocenters. The molecule has 0 amide bonds. The second-order valence-corrected chi connectivity index (χ2v) is 4.90. The van der Waals surface area contributed by atoms with Gasteiger partial charge in [-0.05, 0) is 25.7 Å². The van der Waals surface area contributed by atoms with Crippen molar-refractivity contribution < 1.29 is 4.74 Å². The van der Waals surface area contributed by atoms with Crippen molar-refractivity contribution in [2.75, 3.05) is 6.61 Å². The molecule has 1 aliphatic heterocycles. The minimum atomic E-state index is 0.876. The molecule has 1 nitrogen and oxygen atoms in total. The second-order valence-electron chi connectivity index (χ2n) is 4.90. The van der Waals surface area contributed by atoms with Crippen molar-refractivity contribution >= 4 is 0 Å². The van der Waals surface area contributed by atoms with Crippen molar-refractivity contribution in [2.24, 2.45) is 0 Å². The summed E-state index contributed by atoms with van der Waals surface area (Å²) in [6, 6.07) is 0. The van der Waals surface area contributed by atoms with Crippen LogP contribution in [0, 0.1) is 17.9 Å². The number of ether oxygens (including phenoxy) is 1. The van der Waals surface area contributed by atoms with E-state index in [2.05, 4.69) is 18.8 Å². The lowest BCUT2D eigenvalue weighted by Gasteiger charge is -2.15. The van der Waals surface area contributed by atoms with Crippen LogP contribution in [0.25, 0.3) is 0 Å². The minimum absolute atomic E-state index is 0.876. The fourth-order valence-electron chi connectivity index (χ4n) is 2.09. The zero-order valence-electron chi connectivity index (χ0n) is 11.4. The fraction of sp³-hybridized carbons (Fsp3) is 0.812. The lowest BCUT2D eigenvalue weighted by Crippen LogP contribution is -2.08. The van der Waals surface area contributed by atoms with Crippen LogP contribution in [0.5, 0.6) is 0 Å². The van der Waals surface area contributed by atoms with Crippen molar-refractivity contribution in [3.8, 4) is 11.8 Å². The van der Waals surface area contributed by atoms with Crippen LogP contribution in [0.2, 0.25) is 0 Å². The van der Waals surface area contributed by atoms with Crippen molar-refractivity contribution in [1.29, 1.82) is 0 Å². The first-order chi connectivity index (χ1) is 8.43. The maximum Gasteiger partial charge on any atom is 0.168 e. The number of unbranched alkanes of at least 4 members (excludes halogenated alkanes) is 7. The summed E-state index contributed by atoms with van der Waals surface area (Å²) in [5.74, 6) is 6.42. The van der Waals surface area contributed by atoms with Gasteiger partial charge in [0.05, 0.1) is 0 Å². The molecule has 1 heterocycles. The summed E-state index contributed by atoms with van der Waals surface area (Å²) in [5, 5.41) is 0. The topological polar surface area (TPSA) is 9.23 Å². The molecule has 1 fully saturated rings. The predicted molar refractivity (Wildman–Crippen MR) is 73.4 cm³/mol. The van der Waals surface area contributed by atoms with Crippen LogP contribution in [0.1, 0.15) is 77.6 Å². The van der Waals surface area contributed by atoms with Gasteiger partial charge in [-0.25, -0.2) is 0 Å². The third-order valence-corrected chi connectivity index (χ3v) is 3.21. The van der Waals surface area contributed by atoms with Crippen LogP contribution in [0.15, 0.2) is 0 Å². The van der Waals surface area contributed by atoms with Crippen molar-refractivity contribution in [2.45, 2.75) is 77.6 Å². The highest BCUT2D eigenvalue weighted by Gasteiger charge is 2.11. The molecule has 1 rings (SSSR count). The molecule has 97 valence electrons. The van der Waals surface area contributed by atoms with Crippen LogP contribution in [-0.4, -0.2) is 6.61 Å². The van der Waals surface area contributed by atoms with Gasteiger partial charge in [-0.1, -0.05) is 51.4 Å². The van der Waals surface area contributed by atoms with Gasteiger partial charge in [0.25, 0.3) is 0 Å². The Labute approximate surface area is 107 Å². The summed E-state index contributed by atoms with van der Waals surface area (Å²) in [5.41, 5.74) is 0. The first-order valence-corrected chi connectivity index (χ1v) is 7.41. The maximum absolute atomic E-state index is 5.49. The Hall–Kier alpha value is -0.480. The maximum atomic E-state index is 5.49. The lowest BCUT2D eigenvalue weighted by atomic mass is 10.1. The van der Waals surface area contributed by atoms with E-state index >= 15 is 0 Å². The molecule has 0 atom stereocenters. The number of rotatable bonds is 7. The molecule has 0 aromatic rings. The first-order valence-electron chi connectivity index (χ1n) is 7.41. The van der Waals surface area contributed by atoms with Gasteiger partial charge in [0, 0.05) is 13.0 Å². The van der Waals surface area contributed by atoms with Crippen molar-refractivity contribution in [1.82, 2.24) is 0 Å². The van der Waals surface area contributed by atoms with E-state index in [1.54, 1.807) is 0 Å². The third kappa shape index (κ3) is 8.27. The van der Waals surface area contributed by atoms with E-state index in [1.807, 2.05) is 0 Å². The zero-order valence-corrected chi connectivity index (χ0v) is 11.4. The molecular weight excluding hydrogens is 208 g/mol. The Morgan fingerprint density at radius 1 is 1.00 bits per heavy atom. The number of hydrogen-bond acceptors (Lipinski definition) is 1. The van der Waals surface area contributed by atoms with Gasteiger partial charge in [-0.3, -0.25) is 0 Å². The first kappa shape index (κ1) is 14.6. The largest absolute Gasteiger partial charge is 0.358 e. The molecule has 1 heteroatoms. The Bertz CT molecular complexity index is 217. The third-order valence-electron chi connectivity index (χ3n) is 3.21. The fourth-order valence-corrected chi connectivity index (χ4v) is 2.09. The average molecular weight is 235 g/mol. The average Bonchev–Trinajstić information content (AvgIpc) is 2.38. The summed E-state index contributed by atoms with van der Waals surface area (Å²) in [6.45, 7) is 3.14. The molecule has 1 radical (unpaired) electrons. The van der Waals surface area contributed by atoms with Crippen LogP contribution in [-0.2, 0) is 4.74 Å². The molecule has 0 bridgehead atoms. The summed E-state index contributed by atoms with van der Waals surface area (Å²) < 4.78 is 5.49. The second kappa shape index (κ2) is 10.7. The Kier molecular flexibility index (Phi) is 9.14. The van der Waals surface area contributed by atoms with E-state index in [1.165, 1.54) is 57.8 Å². The standard InChI is InChI=1S/C16H27O/c1-2-3-4-5-6-7-8-9-10-13-16-14-11-12-15-17-16/h2-9,11-12,14-15H2,1H3. The Morgan fingerprint density at radius 2 is 1.76 bits per heavy atom. The van der Waals surface area contributed by atoms with Crippen LogP contribution < -0.4 is 0 Å². The minimum Gasteiger partial charge on any atom is -0.358 e. The van der Waals surface area contributed by atoms with Crippen molar-refractivity contribution in [3.05, 3.63) is 6.10 Å². The Balaban J connectivity index is 1.87. The summed E-state index contributed by atoms with van der Waals surface area (Å²) in [6.07, 6.45) is 15.1. The molecule has 0 spiro atoms. The predicted octanol–water partition coefficient (Wildman–Crippen LogP) is 4.86. The molecule has 1 saturated heterocycles. The van der Waals surface area contributed by atoms with E-state index in [9.17, 15) is 0 Å². The van der Waals surface area contributed by atoms with Gasteiger partial charge >= 0.3 is 0 Å². The van der Waals surface area contributed by atoms with Crippen LogP contribution in [0.3, 0.4) is 0 Å². The lowest BCUT2D eigenvalue weighted by molar-refractivity contribution is 0.125. The highest BCUT2D eigenvalue weighted by Crippen LogP contribution is 2.18. The summed E-state index contributed by atoms with van der Waals surface area (Å²) in [4.78, 5) is 0.